The van der Waals surface area contributed by atoms with Crippen LogP contribution in [0.3, 0.4) is 0 Å². The van der Waals surface area contributed by atoms with E-state index < -0.39 is 23.4 Å². The Morgan fingerprint density at radius 1 is 0.943 bits per heavy atom. The highest BCUT2D eigenvalue weighted by Crippen LogP contribution is 2.40. The molecule has 1 aliphatic heterocycles. The molecule has 0 N–H and O–H groups in total. The normalized spacial score (nSPS) is 15.9. The number of aromatic nitrogens is 8. The summed E-state index contributed by atoms with van der Waals surface area (Å²) in [6.07, 6.45) is 2.52. The molecule has 266 valence electrons. The Bertz CT molecular complexity index is 2530. The SMILES string of the molecule is CC(=O)N1N=C(Cn2cc(-c3nn(-c4ccncc4)cc3-c3nnnn3-c3ccc(Br)cc3)c3cc(Cl)ccc32)OC1(C)c1ccc(C(F)(F)F)cc1. The summed E-state index contributed by atoms with van der Waals surface area (Å²) in [7, 11) is 0. The van der Waals surface area contributed by atoms with Gasteiger partial charge in [0.25, 0.3) is 0 Å². The molecule has 53 heavy (non-hydrogen) atoms. The van der Waals surface area contributed by atoms with Crippen LogP contribution >= 0.6 is 27.5 Å². The average molecular weight is 802 g/mol. The zero-order valence-corrected chi connectivity index (χ0v) is 30.0. The van der Waals surface area contributed by atoms with Crippen LogP contribution in [0.5, 0.6) is 0 Å². The van der Waals surface area contributed by atoms with E-state index in [-0.39, 0.29) is 12.4 Å². The fourth-order valence-electron chi connectivity index (χ4n) is 6.30. The fraction of sp³-hybridized carbons (Fsp3) is 0.139. The number of fused-ring (bicyclic) bond motifs is 1. The molecule has 7 aromatic rings. The predicted octanol–water partition coefficient (Wildman–Crippen LogP) is 8.03. The zero-order chi connectivity index (χ0) is 37.1. The number of benzene rings is 3. The van der Waals surface area contributed by atoms with E-state index in [9.17, 15) is 18.0 Å². The molecule has 17 heteroatoms. The number of rotatable bonds is 7. The maximum atomic E-state index is 13.3. The minimum Gasteiger partial charge on any atom is -0.446 e. The van der Waals surface area contributed by atoms with E-state index in [0.29, 0.717) is 33.2 Å². The number of halogens is 5. The van der Waals surface area contributed by atoms with Crippen molar-refractivity contribution in [3.8, 4) is 34.0 Å². The third kappa shape index (κ3) is 6.23. The maximum Gasteiger partial charge on any atom is 0.416 e. The minimum atomic E-state index is -4.52. The van der Waals surface area contributed by atoms with E-state index in [4.69, 9.17) is 21.4 Å². The molecule has 0 bridgehead atoms. The highest BCUT2D eigenvalue weighted by atomic mass is 79.9. The summed E-state index contributed by atoms with van der Waals surface area (Å²) in [5.74, 6) is 0.128. The van der Waals surface area contributed by atoms with Gasteiger partial charge in [-0.1, -0.05) is 39.7 Å². The van der Waals surface area contributed by atoms with Gasteiger partial charge in [-0.15, -0.1) is 10.2 Å². The van der Waals surface area contributed by atoms with Crippen molar-refractivity contribution >= 4 is 50.2 Å². The number of pyridine rings is 1. The summed E-state index contributed by atoms with van der Waals surface area (Å²) in [6, 6.07) is 21.1. The van der Waals surface area contributed by atoms with Gasteiger partial charge in [0.1, 0.15) is 12.2 Å². The molecule has 1 atom stereocenters. The first-order valence-electron chi connectivity index (χ1n) is 16.0. The van der Waals surface area contributed by atoms with Gasteiger partial charge >= 0.3 is 6.18 Å². The number of carbonyl (C=O) groups is 1. The highest BCUT2D eigenvalue weighted by Gasteiger charge is 2.45. The number of ether oxygens (including phenoxy) is 1. The van der Waals surface area contributed by atoms with E-state index in [1.807, 2.05) is 65.5 Å². The number of hydrogen-bond donors (Lipinski definition) is 0. The first-order chi connectivity index (χ1) is 25.4. The van der Waals surface area contributed by atoms with Crippen molar-refractivity contribution in [3.63, 3.8) is 0 Å². The molecule has 12 nitrogen and oxygen atoms in total. The van der Waals surface area contributed by atoms with Crippen molar-refractivity contribution < 1.29 is 22.7 Å². The second kappa shape index (κ2) is 13.0. The molecule has 0 saturated carbocycles. The number of tetrazole rings is 1. The van der Waals surface area contributed by atoms with E-state index >= 15 is 0 Å². The molecule has 0 fully saturated rings. The van der Waals surface area contributed by atoms with Crippen LogP contribution in [0.15, 0.2) is 113 Å². The second-order valence-electron chi connectivity index (χ2n) is 12.2. The van der Waals surface area contributed by atoms with Gasteiger partial charge in [0, 0.05) is 70.2 Å². The topological polar surface area (TPSA) is 121 Å². The van der Waals surface area contributed by atoms with Gasteiger partial charge in [0.05, 0.1) is 22.5 Å². The Morgan fingerprint density at radius 2 is 1.68 bits per heavy atom. The van der Waals surface area contributed by atoms with Gasteiger partial charge in [-0.2, -0.15) is 28.0 Å². The second-order valence-corrected chi connectivity index (χ2v) is 13.6. The zero-order valence-electron chi connectivity index (χ0n) is 27.7. The number of hydrazone groups is 1. The van der Waals surface area contributed by atoms with Crippen molar-refractivity contribution in [2.24, 2.45) is 5.10 Å². The number of hydrogen-bond acceptors (Lipinski definition) is 8. The summed E-state index contributed by atoms with van der Waals surface area (Å²) in [6.45, 7) is 2.95. The quantitative estimate of drug-likeness (QED) is 0.160. The smallest absolute Gasteiger partial charge is 0.416 e. The lowest BCUT2D eigenvalue weighted by molar-refractivity contribution is -0.146. The summed E-state index contributed by atoms with van der Waals surface area (Å²) in [5.41, 5.74) is 2.05. The van der Waals surface area contributed by atoms with Gasteiger partial charge in [-0.05, 0) is 77.2 Å². The molecule has 0 aliphatic carbocycles. The third-order valence-corrected chi connectivity index (χ3v) is 9.57. The molecule has 0 saturated heterocycles. The van der Waals surface area contributed by atoms with Crippen LogP contribution in [0.25, 0.3) is 44.9 Å². The molecular formula is C36H25BrClF3N10O2. The van der Waals surface area contributed by atoms with Crippen molar-refractivity contribution in [2.45, 2.75) is 32.3 Å². The molecule has 3 aromatic carbocycles. The molecule has 5 heterocycles. The van der Waals surface area contributed by atoms with Crippen LogP contribution < -0.4 is 0 Å². The molecule has 1 unspecified atom stereocenters. The van der Waals surface area contributed by atoms with Gasteiger partial charge in [-0.3, -0.25) is 9.78 Å². The Balaban J connectivity index is 1.23. The van der Waals surface area contributed by atoms with E-state index in [1.165, 1.54) is 19.1 Å². The van der Waals surface area contributed by atoms with Crippen molar-refractivity contribution in [1.29, 1.82) is 0 Å². The van der Waals surface area contributed by atoms with Crippen LogP contribution in [0.1, 0.15) is 25.0 Å². The van der Waals surface area contributed by atoms with E-state index in [1.54, 1.807) is 34.7 Å². The largest absolute Gasteiger partial charge is 0.446 e. The Morgan fingerprint density at radius 3 is 2.38 bits per heavy atom. The van der Waals surface area contributed by atoms with Crippen molar-refractivity contribution in [3.05, 3.63) is 124 Å². The standard InChI is InChI=1S/C36H25BrClF3N10O2/c1-21(52)51-35(2,22-3-5-23(6-4-22)36(39,40)41)53-32(44-51)20-48-18-29(28-17-25(38)9-12-31(28)48)33-30(19-49(45-33)26-13-15-42-16-14-26)34-43-46-47-50(34)27-10-7-24(37)8-11-27/h3-19H,20H2,1-2H3. The summed E-state index contributed by atoms with van der Waals surface area (Å²) < 4.78 is 52.4. The van der Waals surface area contributed by atoms with Crippen LogP contribution in [0.2, 0.25) is 5.02 Å². The number of carbonyl (C=O) groups excluding carboxylic acids is 1. The number of amides is 1. The van der Waals surface area contributed by atoms with Crippen LogP contribution in [-0.4, -0.2) is 56.4 Å². The van der Waals surface area contributed by atoms with Gasteiger partial charge < -0.3 is 9.30 Å². The molecule has 4 aromatic heterocycles. The lowest BCUT2D eigenvalue weighted by Crippen LogP contribution is -2.41. The fourth-order valence-corrected chi connectivity index (χ4v) is 6.73. The molecule has 1 aliphatic rings. The summed E-state index contributed by atoms with van der Waals surface area (Å²) in [4.78, 5) is 17.0. The van der Waals surface area contributed by atoms with Gasteiger partial charge in [-0.25, -0.2) is 4.68 Å². The minimum absolute atomic E-state index is 0.0508. The van der Waals surface area contributed by atoms with Gasteiger partial charge in [0.2, 0.25) is 17.5 Å². The Kier molecular flexibility index (Phi) is 8.37. The average Bonchev–Trinajstić information content (AvgIpc) is 3.93. The van der Waals surface area contributed by atoms with Crippen LogP contribution in [0, 0.1) is 0 Å². The molecule has 0 spiro atoms. The summed E-state index contributed by atoms with van der Waals surface area (Å²) >= 11 is 10.0. The Labute approximate surface area is 312 Å². The molecule has 1 amide bonds. The molecule has 8 rings (SSSR count). The van der Waals surface area contributed by atoms with Crippen molar-refractivity contribution in [1.82, 2.24) is 44.5 Å². The monoisotopic (exact) mass is 800 g/mol. The van der Waals surface area contributed by atoms with E-state index in [0.717, 1.165) is 43.9 Å². The van der Waals surface area contributed by atoms with Crippen LogP contribution in [-0.2, 0) is 28.0 Å². The lowest BCUT2D eigenvalue weighted by atomic mass is 10.0. The first-order valence-corrected chi connectivity index (χ1v) is 17.1. The first kappa shape index (κ1) is 34.2. The predicted molar refractivity (Wildman–Crippen MR) is 193 cm³/mol. The number of nitrogens with zero attached hydrogens (tertiary/aromatic N) is 10. The maximum absolute atomic E-state index is 13.3. The van der Waals surface area contributed by atoms with E-state index in [2.05, 4.69) is 41.5 Å². The Hall–Kier alpha value is -5.87. The van der Waals surface area contributed by atoms with Crippen molar-refractivity contribution in [2.75, 3.05) is 0 Å². The molecular weight excluding hydrogens is 777 g/mol. The van der Waals surface area contributed by atoms with Gasteiger partial charge in [0.15, 0.2) is 5.82 Å². The third-order valence-electron chi connectivity index (χ3n) is 8.81. The highest BCUT2D eigenvalue weighted by molar-refractivity contribution is 9.10. The summed E-state index contributed by atoms with van der Waals surface area (Å²) in [5, 5.41) is 24.6. The number of alkyl halides is 3. The molecule has 0 radical (unpaired) electrons. The lowest BCUT2D eigenvalue weighted by Gasteiger charge is -2.31. The van der Waals surface area contributed by atoms with Crippen LogP contribution in [0.4, 0.5) is 13.2 Å².